The first-order valence-corrected chi connectivity index (χ1v) is 7.76. The molecule has 0 aromatic heterocycles. The first kappa shape index (κ1) is 17.8. The van der Waals surface area contributed by atoms with Crippen molar-refractivity contribution in [2.24, 2.45) is 0 Å². The van der Waals surface area contributed by atoms with E-state index in [1.807, 2.05) is 6.07 Å². The average Bonchev–Trinajstić information content (AvgIpc) is 2.60. The number of hydrogen-bond donors (Lipinski definition) is 1. The van der Waals surface area contributed by atoms with Crippen LogP contribution >= 0.6 is 15.9 Å². The van der Waals surface area contributed by atoms with Crippen LogP contribution in [-0.4, -0.2) is 33.0 Å². The Bertz CT molecular complexity index is 748. The average molecular weight is 394 g/mol. The molecule has 0 saturated heterocycles. The molecule has 0 aliphatic carbocycles. The maximum absolute atomic E-state index is 12.1. The van der Waals surface area contributed by atoms with E-state index in [0.29, 0.717) is 39.3 Å². The molecule has 24 heavy (non-hydrogen) atoms. The predicted molar refractivity (Wildman–Crippen MR) is 93.2 cm³/mol. The van der Waals surface area contributed by atoms with E-state index in [4.69, 9.17) is 14.2 Å². The van der Waals surface area contributed by atoms with Gasteiger partial charge in [0, 0.05) is 10.0 Å². The zero-order valence-corrected chi connectivity index (χ0v) is 14.8. The summed E-state index contributed by atoms with van der Waals surface area (Å²) in [5.74, 6) is 0.925. The van der Waals surface area contributed by atoms with Gasteiger partial charge in [-0.25, -0.2) is 0 Å². The number of aldehydes is 1. The van der Waals surface area contributed by atoms with Gasteiger partial charge in [0.1, 0.15) is 5.75 Å². The van der Waals surface area contributed by atoms with Crippen LogP contribution in [-0.2, 0) is 4.79 Å². The molecule has 2 aromatic rings. The molecule has 2 aromatic carbocycles. The number of carbonyl (C=O) groups is 2. The maximum atomic E-state index is 12.1. The SMILES string of the molecule is COc1ccccc1NC(=O)COc1cc(Br)c(C=O)cc1OC. The Hall–Kier alpha value is -2.54. The largest absolute Gasteiger partial charge is 0.495 e. The molecule has 0 saturated carbocycles. The Morgan fingerprint density at radius 2 is 1.83 bits per heavy atom. The van der Waals surface area contributed by atoms with E-state index >= 15 is 0 Å². The molecule has 126 valence electrons. The highest BCUT2D eigenvalue weighted by molar-refractivity contribution is 9.10. The lowest BCUT2D eigenvalue weighted by atomic mass is 10.2. The summed E-state index contributed by atoms with van der Waals surface area (Å²) < 4.78 is 16.4. The van der Waals surface area contributed by atoms with E-state index in [1.54, 1.807) is 24.3 Å². The number of benzene rings is 2. The zero-order chi connectivity index (χ0) is 17.5. The van der Waals surface area contributed by atoms with Gasteiger partial charge in [0.05, 0.1) is 19.9 Å². The number of para-hydroxylation sites is 2. The number of halogens is 1. The fraction of sp³-hybridized carbons (Fsp3) is 0.176. The monoisotopic (exact) mass is 393 g/mol. The van der Waals surface area contributed by atoms with Crippen LogP contribution in [0, 0.1) is 0 Å². The number of methoxy groups -OCH3 is 2. The van der Waals surface area contributed by atoms with Crippen LogP contribution in [0.2, 0.25) is 0 Å². The molecular weight excluding hydrogens is 378 g/mol. The molecule has 0 aliphatic heterocycles. The van der Waals surface area contributed by atoms with Gasteiger partial charge >= 0.3 is 0 Å². The number of hydrogen-bond acceptors (Lipinski definition) is 5. The summed E-state index contributed by atoms with van der Waals surface area (Å²) in [5.41, 5.74) is 0.982. The van der Waals surface area contributed by atoms with E-state index in [1.165, 1.54) is 20.3 Å². The smallest absolute Gasteiger partial charge is 0.262 e. The first-order valence-electron chi connectivity index (χ1n) is 6.97. The number of amides is 1. The van der Waals surface area contributed by atoms with Crippen molar-refractivity contribution in [3.05, 3.63) is 46.4 Å². The number of ether oxygens (including phenoxy) is 3. The van der Waals surface area contributed by atoms with Gasteiger partial charge in [-0.2, -0.15) is 0 Å². The van der Waals surface area contributed by atoms with Crippen LogP contribution in [0.25, 0.3) is 0 Å². The molecule has 0 aliphatic rings. The summed E-state index contributed by atoms with van der Waals surface area (Å²) in [6.07, 6.45) is 0.699. The molecule has 2 rings (SSSR count). The standard InChI is InChI=1S/C17H16BrNO5/c1-22-14-6-4-3-5-13(14)19-17(21)10-24-16-8-12(18)11(9-20)7-15(16)23-2/h3-9H,10H2,1-2H3,(H,19,21). The van der Waals surface area contributed by atoms with Crippen LogP contribution in [0.3, 0.4) is 0 Å². The summed E-state index contributed by atoms with van der Waals surface area (Å²) in [6.45, 7) is -0.221. The van der Waals surface area contributed by atoms with Gasteiger partial charge in [0.2, 0.25) is 0 Å². The molecule has 0 unspecified atom stereocenters. The number of rotatable bonds is 7. The van der Waals surface area contributed by atoms with Gasteiger partial charge in [-0.3, -0.25) is 9.59 Å². The molecule has 0 fully saturated rings. The van der Waals surface area contributed by atoms with Crippen LogP contribution in [0.4, 0.5) is 5.69 Å². The Balaban J connectivity index is 2.06. The van der Waals surface area contributed by atoms with Gasteiger partial charge in [-0.15, -0.1) is 0 Å². The Morgan fingerprint density at radius 1 is 1.12 bits per heavy atom. The van der Waals surface area contributed by atoms with Gasteiger partial charge in [-0.05, 0) is 40.2 Å². The minimum absolute atomic E-state index is 0.221. The maximum Gasteiger partial charge on any atom is 0.262 e. The number of nitrogens with one attached hydrogen (secondary N) is 1. The van der Waals surface area contributed by atoms with E-state index in [-0.39, 0.29) is 12.5 Å². The lowest BCUT2D eigenvalue weighted by Crippen LogP contribution is -2.20. The molecule has 7 heteroatoms. The minimum atomic E-state index is -0.350. The van der Waals surface area contributed by atoms with Crippen LogP contribution < -0.4 is 19.5 Å². The second kappa shape index (κ2) is 8.35. The third-order valence-electron chi connectivity index (χ3n) is 3.15. The lowest BCUT2D eigenvalue weighted by molar-refractivity contribution is -0.118. The first-order chi connectivity index (χ1) is 11.6. The molecule has 6 nitrogen and oxygen atoms in total. The molecule has 0 spiro atoms. The third kappa shape index (κ3) is 4.26. The second-order valence-electron chi connectivity index (χ2n) is 4.68. The number of anilines is 1. The highest BCUT2D eigenvalue weighted by atomic mass is 79.9. The molecule has 0 atom stereocenters. The van der Waals surface area contributed by atoms with E-state index < -0.39 is 0 Å². The third-order valence-corrected chi connectivity index (χ3v) is 3.84. The van der Waals surface area contributed by atoms with Crippen molar-refractivity contribution >= 4 is 33.8 Å². The molecule has 1 N–H and O–H groups in total. The second-order valence-corrected chi connectivity index (χ2v) is 5.53. The zero-order valence-electron chi connectivity index (χ0n) is 13.2. The molecule has 0 heterocycles. The lowest BCUT2D eigenvalue weighted by Gasteiger charge is -2.13. The Kier molecular flexibility index (Phi) is 6.20. The summed E-state index contributed by atoms with van der Waals surface area (Å²) in [5, 5.41) is 2.71. The summed E-state index contributed by atoms with van der Waals surface area (Å²) >= 11 is 3.27. The number of carbonyl (C=O) groups excluding carboxylic acids is 2. The molecule has 0 radical (unpaired) electrons. The Labute approximate surface area is 147 Å². The van der Waals surface area contributed by atoms with Crippen molar-refractivity contribution in [1.29, 1.82) is 0 Å². The van der Waals surface area contributed by atoms with E-state index in [2.05, 4.69) is 21.2 Å². The van der Waals surface area contributed by atoms with E-state index in [9.17, 15) is 9.59 Å². The highest BCUT2D eigenvalue weighted by Gasteiger charge is 2.13. The van der Waals surface area contributed by atoms with Crippen LogP contribution in [0.1, 0.15) is 10.4 Å². The van der Waals surface area contributed by atoms with Crippen molar-refractivity contribution in [2.75, 3.05) is 26.1 Å². The van der Waals surface area contributed by atoms with Gasteiger partial charge < -0.3 is 19.5 Å². The van der Waals surface area contributed by atoms with Gasteiger partial charge in [0.15, 0.2) is 24.4 Å². The summed E-state index contributed by atoms with van der Waals surface area (Å²) in [6, 6.07) is 10.2. The van der Waals surface area contributed by atoms with Crippen molar-refractivity contribution in [2.45, 2.75) is 0 Å². The predicted octanol–water partition coefficient (Wildman–Crippen LogP) is 3.30. The van der Waals surface area contributed by atoms with Crippen molar-refractivity contribution < 1.29 is 23.8 Å². The minimum Gasteiger partial charge on any atom is -0.495 e. The van der Waals surface area contributed by atoms with Crippen molar-refractivity contribution in [1.82, 2.24) is 0 Å². The fourth-order valence-corrected chi connectivity index (χ4v) is 2.41. The van der Waals surface area contributed by atoms with Crippen molar-refractivity contribution in [3.8, 4) is 17.2 Å². The molecule has 1 amide bonds. The van der Waals surface area contributed by atoms with E-state index in [0.717, 1.165) is 0 Å². The topological polar surface area (TPSA) is 73.9 Å². The normalized spacial score (nSPS) is 9.96. The highest BCUT2D eigenvalue weighted by Crippen LogP contribution is 2.33. The van der Waals surface area contributed by atoms with Gasteiger partial charge in [0.25, 0.3) is 5.91 Å². The quantitative estimate of drug-likeness (QED) is 0.730. The summed E-state index contributed by atoms with van der Waals surface area (Å²) in [4.78, 5) is 23.0. The summed E-state index contributed by atoms with van der Waals surface area (Å²) in [7, 11) is 2.98. The molecular formula is C17H16BrNO5. The molecule has 0 bridgehead atoms. The Morgan fingerprint density at radius 3 is 2.50 bits per heavy atom. The van der Waals surface area contributed by atoms with Gasteiger partial charge in [-0.1, -0.05) is 12.1 Å². The van der Waals surface area contributed by atoms with Crippen LogP contribution in [0.5, 0.6) is 17.2 Å². The fourth-order valence-electron chi connectivity index (χ4n) is 1.99. The van der Waals surface area contributed by atoms with Crippen molar-refractivity contribution in [3.63, 3.8) is 0 Å². The van der Waals surface area contributed by atoms with Crippen LogP contribution in [0.15, 0.2) is 40.9 Å².